The van der Waals surface area contributed by atoms with Gasteiger partial charge in [0.15, 0.2) is 11.5 Å². The van der Waals surface area contributed by atoms with E-state index in [4.69, 9.17) is 27.9 Å². The lowest BCUT2D eigenvalue weighted by molar-refractivity contribution is 0.317. The van der Waals surface area contributed by atoms with E-state index in [-0.39, 0.29) is 22.6 Å². The lowest BCUT2D eigenvalue weighted by Crippen LogP contribution is -2.25. The highest BCUT2D eigenvalue weighted by molar-refractivity contribution is 6.32. The van der Waals surface area contributed by atoms with Gasteiger partial charge in [-0.2, -0.15) is 0 Å². The summed E-state index contributed by atoms with van der Waals surface area (Å²) >= 11 is 12.8. The summed E-state index contributed by atoms with van der Waals surface area (Å²) in [6.45, 7) is 5.68. The molecule has 0 aliphatic rings. The van der Waals surface area contributed by atoms with Gasteiger partial charge in [-0.15, -0.1) is 0 Å². The summed E-state index contributed by atoms with van der Waals surface area (Å²) in [4.78, 5) is 28.0. The Hall–Kier alpha value is -4.14. The van der Waals surface area contributed by atoms with E-state index >= 15 is 0 Å². The Morgan fingerprint density at radius 2 is 1.31 bits per heavy atom. The van der Waals surface area contributed by atoms with Crippen LogP contribution in [-0.2, 0) is 0 Å². The number of aromatic hydroxyl groups is 1. The molecule has 0 fully saturated rings. The van der Waals surface area contributed by atoms with E-state index in [0.29, 0.717) is 56.1 Å². The Labute approximate surface area is 234 Å². The summed E-state index contributed by atoms with van der Waals surface area (Å²) in [6.07, 6.45) is 0. The Bertz CT molecular complexity index is 1690. The fourth-order valence-corrected chi connectivity index (χ4v) is 5.30. The molecule has 5 rings (SSSR count). The summed E-state index contributed by atoms with van der Waals surface area (Å²) in [6, 6.07) is 18.8. The van der Waals surface area contributed by atoms with Gasteiger partial charge >= 0.3 is 0 Å². The van der Waals surface area contributed by atoms with Crippen molar-refractivity contribution in [2.75, 3.05) is 6.61 Å². The molecule has 0 aliphatic carbocycles. The molecule has 200 valence electrons. The van der Waals surface area contributed by atoms with Crippen LogP contribution in [0.2, 0.25) is 10.0 Å². The number of para-hydroxylation sites is 2. The maximum atomic E-state index is 14.0. The lowest BCUT2D eigenvalue weighted by atomic mass is 9.85. The molecule has 5 aromatic rings. The third-order valence-electron chi connectivity index (χ3n) is 6.62. The number of nitrogens with zero attached hydrogens (tertiary/aromatic N) is 2. The molecule has 0 saturated carbocycles. The molecular formula is C29H26Cl2N4O4. The Morgan fingerprint density at radius 1 is 0.821 bits per heavy atom. The molecule has 3 aromatic carbocycles. The normalized spacial score (nSPS) is 11.3. The van der Waals surface area contributed by atoms with Crippen LogP contribution in [-0.4, -0.2) is 31.3 Å². The third-order valence-corrected chi connectivity index (χ3v) is 7.25. The Kier molecular flexibility index (Phi) is 7.16. The first-order valence-electron chi connectivity index (χ1n) is 12.3. The van der Waals surface area contributed by atoms with Crippen molar-refractivity contribution in [3.05, 3.63) is 126 Å². The Morgan fingerprint density at radius 3 is 1.77 bits per heavy atom. The minimum atomic E-state index is -0.815. The molecule has 0 bridgehead atoms. The van der Waals surface area contributed by atoms with Crippen molar-refractivity contribution in [1.82, 2.24) is 19.6 Å². The van der Waals surface area contributed by atoms with Crippen LogP contribution in [0.25, 0.3) is 11.4 Å². The molecule has 0 saturated heterocycles. The van der Waals surface area contributed by atoms with Gasteiger partial charge in [-0.25, -0.2) is 9.36 Å². The van der Waals surface area contributed by atoms with Crippen LogP contribution in [0.5, 0.6) is 11.5 Å². The van der Waals surface area contributed by atoms with E-state index < -0.39 is 5.92 Å². The van der Waals surface area contributed by atoms with Crippen molar-refractivity contribution in [3.63, 3.8) is 0 Å². The van der Waals surface area contributed by atoms with E-state index in [2.05, 4.69) is 10.2 Å². The van der Waals surface area contributed by atoms with Crippen molar-refractivity contribution in [2.24, 2.45) is 0 Å². The van der Waals surface area contributed by atoms with Gasteiger partial charge in [0.25, 0.3) is 11.1 Å². The number of ether oxygens (including phenoxy) is 1. The fourth-order valence-electron chi connectivity index (χ4n) is 4.86. The number of hydrogen-bond donors (Lipinski definition) is 3. The van der Waals surface area contributed by atoms with Gasteiger partial charge in [0.2, 0.25) is 0 Å². The average molecular weight is 565 g/mol. The lowest BCUT2D eigenvalue weighted by Gasteiger charge is -2.17. The number of halogens is 2. The molecule has 0 radical (unpaired) electrons. The van der Waals surface area contributed by atoms with Crippen LogP contribution >= 0.6 is 23.2 Å². The average Bonchev–Trinajstić information content (AvgIpc) is 3.37. The van der Waals surface area contributed by atoms with Gasteiger partial charge in [-0.05, 0) is 62.7 Å². The van der Waals surface area contributed by atoms with Crippen LogP contribution in [0.15, 0.2) is 76.3 Å². The monoisotopic (exact) mass is 564 g/mol. The maximum Gasteiger partial charge on any atom is 0.275 e. The molecule has 0 aliphatic heterocycles. The van der Waals surface area contributed by atoms with Crippen molar-refractivity contribution in [2.45, 2.75) is 26.7 Å². The highest BCUT2D eigenvalue weighted by Gasteiger charge is 2.32. The molecule has 39 heavy (non-hydrogen) atoms. The molecule has 2 aromatic heterocycles. The van der Waals surface area contributed by atoms with Gasteiger partial charge in [-0.1, -0.05) is 53.5 Å². The zero-order valence-electron chi connectivity index (χ0n) is 21.5. The van der Waals surface area contributed by atoms with E-state index in [1.807, 2.05) is 0 Å². The second-order valence-corrected chi connectivity index (χ2v) is 9.89. The number of benzene rings is 3. The predicted molar refractivity (Wildman–Crippen MR) is 152 cm³/mol. The number of hydrogen-bond acceptors (Lipinski definition) is 4. The summed E-state index contributed by atoms with van der Waals surface area (Å²) < 4.78 is 8.38. The fraction of sp³-hybridized carbons (Fsp3) is 0.172. The quantitative estimate of drug-likeness (QED) is 0.230. The zero-order valence-corrected chi connectivity index (χ0v) is 23.0. The number of phenolic OH excluding ortho intramolecular Hbond substituents is 1. The van der Waals surface area contributed by atoms with Gasteiger partial charge in [0.05, 0.1) is 39.2 Å². The van der Waals surface area contributed by atoms with Crippen molar-refractivity contribution >= 4 is 23.2 Å². The summed E-state index contributed by atoms with van der Waals surface area (Å²) in [5.41, 5.74) is 2.66. The minimum Gasteiger partial charge on any atom is -0.504 e. The molecule has 8 nitrogen and oxygen atoms in total. The van der Waals surface area contributed by atoms with Crippen molar-refractivity contribution in [1.29, 1.82) is 0 Å². The third kappa shape index (κ3) is 4.66. The topological polar surface area (TPSA) is 105 Å². The van der Waals surface area contributed by atoms with Gasteiger partial charge in [0.1, 0.15) is 0 Å². The first-order valence-corrected chi connectivity index (χ1v) is 13.1. The molecule has 3 N–H and O–H groups in total. The number of nitrogens with one attached hydrogen (secondary N) is 2. The van der Waals surface area contributed by atoms with Crippen LogP contribution in [0, 0.1) is 13.8 Å². The molecule has 0 atom stereocenters. The van der Waals surface area contributed by atoms with Crippen LogP contribution in [0.1, 0.15) is 40.9 Å². The largest absolute Gasteiger partial charge is 0.504 e. The molecule has 0 unspecified atom stereocenters. The van der Waals surface area contributed by atoms with E-state index in [9.17, 15) is 14.7 Å². The zero-order chi connectivity index (χ0) is 27.8. The van der Waals surface area contributed by atoms with Gasteiger partial charge in [0, 0.05) is 17.3 Å². The number of aryl methyl sites for hydroxylation is 2. The molecule has 2 heterocycles. The predicted octanol–water partition coefficient (Wildman–Crippen LogP) is 5.85. The van der Waals surface area contributed by atoms with E-state index in [0.717, 1.165) is 0 Å². The summed E-state index contributed by atoms with van der Waals surface area (Å²) in [5.74, 6) is -0.609. The smallest absolute Gasteiger partial charge is 0.275 e. The first-order chi connectivity index (χ1) is 18.7. The second-order valence-electron chi connectivity index (χ2n) is 9.08. The second kappa shape index (κ2) is 10.6. The minimum absolute atomic E-state index is 0.0436. The van der Waals surface area contributed by atoms with Crippen LogP contribution in [0.3, 0.4) is 0 Å². The van der Waals surface area contributed by atoms with E-state index in [1.54, 1.807) is 81.4 Å². The van der Waals surface area contributed by atoms with E-state index in [1.165, 1.54) is 15.4 Å². The first kappa shape index (κ1) is 26.5. The highest BCUT2D eigenvalue weighted by Crippen LogP contribution is 2.37. The number of aromatic amines is 2. The van der Waals surface area contributed by atoms with Gasteiger partial charge < -0.3 is 9.84 Å². The number of phenols is 1. The number of H-pyrrole nitrogens is 2. The molecule has 0 amide bonds. The van der Waals surface area contributed by atoms with Crippen molar-refractivity contribution < 1.29 is 9.84 Å². The molecule has 10 heteroatoms. The van der Waals surface area contributed by atoms with Crippen LogP contribution < -0.4 is 15.9 Å². The maximum absolute atomic E-state index is 14.0. The summed E-state index contributed by atoms with van der Waals surface area (Å²) in [7, 11) is 0. The van der Waals surface area contributed by atoms with Crippen molar-refractivity contribution in [3.8, 4) is 22.9 Å². The van der Waals surface area contributed by atoms with Gasteiger partial charge in [-0.3, -0.25) is 19.8 Å². The standard InChI is InChI=1S/C29H26Cl2N4O4/c1-4-39-24-15-18(13-14-23(24)36)27(25-16(2)32-34(28(25)37)21-11-7-5-9-19(21)30)26-17(3)33-35(29(26)38)22-12-8-6-10-20(22)31/h5-15,27,32-33,36H,4H2,1-3H3. The molecular weight excluding hydrogens is 539 g/mol. The number of rotatable bonds is 7. The number of aromatic nitrogens is 4. The molecule has 0 spiro atoms. The summed E-state index contributed by atoms with van der Waals surface area (Å²) in [5, 5.41) is 17.4. The highest BCUT2D eigenvalue weighted by atomic mass is 35.5. The Balaban J connectivity index is 1.80. The SMILES string of the molecule is CCOc1cc(C(c2c(C)[nH]n(-c3ccccc3Cl)c2=O)c2c(C)[nH]n(-c3ccccc3Cl)c2=O)ccc1O. The van der Waals surface area contributed by atoms with Crippen LogP contribution in [0.4, 0.5) is 0 Å².